The molecule has 0 spiro atoms. The van der Waals surface area contributed by atoms with Gasteiger partial charge in [-0.25, -0.2) is 17.1 Å². The lowest BCUT2D eigenvalue weighted by Gasteiger charge is -2.29. The van der Waals surface area contributed by atoms with Gasteiger partial charge in [0, 0.05) is 19.2 Å². The molecule has 1 heterocycles. The zero-order valence-corrected chi connectivity index (χ0v) is 16.3. The fraction of sp³-hybridized carbons (Fsp3) is 0.650. The van der Waals surface area contributed by atoms with Crippen LogP contribution in [0.1, 0.15) is 66.8 Å². The van der Waals surface area contributed by atoms with Crippen molar-refractivity contribution in [2.45, 2.75) is 50.9 Å². The van der Waals surface area contributed by atoms with Crippen molar-refractivity contribution in [1.82, 2.24) is 4.31 Å². The van der Waals surface area contributed by atoms with Crippen molar-refractivity contribution in [3.05, 3.63) is 29.1 Å². The first-order valence-electron chi connectivity index (χ1n) is 9.91. The quantitative estimate of drug-likeness (QED) is 0.632. The van der Waals surface area contributed by atoms with E-state index in [0.29, 0.717) is 31.4 Å². The van der Waals surface area contributed by atoms with Gasteiger partial charge in [0.05, 0.1) is 12.2 Å². The molecule has 4 rings (SSSR count). The van der Waals surface area contributed by atoms with Crippen LogP contribution in [-0.4, -0.2) is 44.0 Å². The van der Waals surface area contributed by atoms with Crippen molar-refractivity contribution in [2.24, 2.45) is 5.92 Å². The Morgan fingerprint density at radius 3 is 2.41 bits per heavy atom. The number of ether oxygens (including phenoxy) is 1. The van der Waals surface area contributed by atoms with Gasteiger partial charge in [-0.05, 0) is 55.6 Å². The zero-order chi connectivity index (χ0) is 19.0. The average molecular weight is 395 g/mol. The van der Waals surface area contributed by atoms with Gasteiger partial charge in [0.25, 0.3) is 0 Å². The van der Waals surface area contributed by atoms with Crippen LogP contribution in [0.5, 0.6) is 5.75 Å². The maximum atomic E-state index is 14.6. The summed E-state index contributed by atoms with van der Waals surface area (Å²) in [5.41, 5.74) is 0.716. The smallest absolute Gasteiger partial charge is 0.221 e. The Kier molecular flexibility index (Phi) is 5.25. The molecule has 1 aromatic carbocycles. The van der Waals surface area contributed by atoms with Gasteiger partial charge >= 0.3 is 0 Å². The third-order valence-corrected chi connectivity index (χ3v) is 7.67. The third kappa shape index (κ3) is 4.19. The Hall–Kier alpha value is -1.47. The predicted molar refractivity (Wildman–Crippen MR) is 100 cm³/mol. The topological polar surface area (TPSA) is 63.7 Å². The van der Waals surface area contributed by atoms with E-state index in [0.717, 1.165) is 37.7 Å². The van der Waals surface area contributed by atoms with Crippen LogP contribution in [0, 0.1) is 11.7 Å². The number of nitrogens with zero attached hydrogens (tertiary/aromatic N) is 1. The molecule has 0 N–H and O–H groups in total. The molecule has 27 heavy (non-hydrogen) atoms. The minimum atomic E-state index is -3.65. The summed E-state index contributed by atoms with van der Waals surface area (Å²) in [6.45, 7) is 1.47. The molecule has 0 atom stereocenters. The van der Waals surface area contributed by atoms with Gasteiger partial charge < -0.3 is 4.74 Å². The molecule has 2 saturated carbocycles. The molecule has 1 saturated heterocycles. The highest BCUT2D eigenvalue weighted by Crippen LogP contribution is 2.45. The maximum Gasteiger partial charge on any atom is 0.221 e. The van der Waals surface area contributed by atoms with E-state index in [1.165, 1.54) is 29.3 Å². The van der Waals surface area contributed by atoms with Gasteiger partial charge in [-0.2, -0.15) is 0 Å². The predicted octanol–water partition coefficient (Wildman–Crippen LogP) is 3.49. The highest BCUT2D eigenvalue weighted by atomic mass is 32.2. The second-order valence-electron chi connectivity index (χ2n) is 8.04. The molecule has 1 aromatic rings. The van der Waals surface area contributed by atoms with E-state index in [9.17, 15) is 17.6 Å². The number of halogens is 1. The fourth-order valence-electron chi connectivity index (χ4n) is 3.91. The van der Waals surface area contributed by atoms with Crippen molar-refractivity contribution in [3.63, 3.8) is 0 Å². The van der Waals surface area contributed by atoms with E-state index in [4.69, 9.17) is 4.74 Å². The Balaban J connectivity index is 1.52. The Morgan fingerprint density at radius 2 is 1.81 bits per heavy atom. The van der Waals surface area contributed by atoms with Gasteiger partial charge in [-0.1, -0.05) is 12.8 Å². The summed E-state index contributed by atoms with van der Waals surface area (Å²) in [7, 11) is -3.65. The minimum absolute atomic E-state index is 0.130. The summed E-state index contributed by atoms with van der Waals surface area (Å²) in [5, 5.41) is 0. The molecule has 2 aliphatic carbocycles. The number of sulfonamides is 1. The third-order valence-electron chi connectivity index (χ3n) is 5.89. The summed E-state index contributed by atoms with van der Waals surface area (Å²) in [4.78, 5) is 12.5. The van der Waals surface area contributed by atoms with Crippen molar-refractivity contribution in [3.8, 4) is 5.75 Å². The number of rotatable bonds is 8. The first kappa shape index (κ1) is 18.9. The SMILES string of the molecule is O=C(CS(=O)(=O)N1CCC1)c1cc(C2CC2)c(OCC2CCCC2)cc1F. The van der Waals surface area contributed by atoms with Crippen LogP contribution < -0.4 is 4.74 Å². The lowest BCUT2D eigenvalue weighted by Crippen LogP contribution is -2.44. The fourth-order valence-corrected chi connectivity index (χ4v) is 5.39. The van der Waals surface area contributed by atoms with Gasteiger partial charge in [-0.3, -0.25) is 4.79 Å². The van der Waals surface area contributed by atoms with Crippen molar-refractivity contribution >= 4 is 15.8 Å². The van der Waals surface area contributed by atoms with Gasteiger partial charge in [0.1, 0.15) is 17.3 Å². The van der Waals surface area contributed by atoms with Crippen molar-refractivity contribution in [1.29, 1.82) is 0 Å². The standard InChI is InChI=1S/C20H26FNO4S/c21-18-11-20(26-12-14-4-1-2-5-14)16(15-6-7-15)10-17(18)19(23)13-27(24,25)22-8-3-9-22/h10-11,14-15H,1-9,12-13H2. The number of benzene rings is 1. The van der Waals surface area contributed by atoms with Crippen LogP contribution in [-0.2, 0) is 10.0 Å². The van der Waals surface area contributed by atoms with Crippen LogP contribution in [0.15, 0.2) is 12.1 Å². The molecular weight excluding hydrogens is 369 g/mol. The summed E-state index contributed by atoms with van der Waals surface area (Å²) < 4.78 is 46.3. The molecule has 0 bridgehead atoms. The summed E-state index contributed by atoms with van der Waals surface area (Å²) in [6, 6.07) is 2.82. The summed E-state index contributed by atoms with van der Waals surface area (Å²) in [5.74, 6) is -0.723. The lowest BCUT2D eigenvalue weighted by molar-refractivity contribution is 0.101. The van der Waals surface area contributed by atoms with Crippen LogP contribution in [0.2, 0.25) is 0 Å². The maximum absolute atomic E-state index is 14.6. The van der Waals surface area contributed by atoms with E-state index in [1.807, 2.05) is 0 Å². The zero-order valence-electron chi connectivity index (χ0n) is 15.5. The molecule has 0 unspecified atom stereocenters. The number of carbonyl (C=O) groups is 1. The number of hydrogen-bond donors (Lipinski definition) is 0. The number of carbonyl (C=O) groups excluding carboxylic acids is 1. The number of ketones is 1. The van der Waals surface area contributed by atoms with E-state index in [1.54, 1.807) is 0 Å². The first-order valence-corrected chi connectivity index (χ1v) is 11.5. The van der Waals surface area contributed by atoms with E-state index >= 15 is 0 Å². The first-order chi connectivity index (χ1) is 12.9. The largest absolute Gasteiger partial charge is 0.493 e. The van der Waals surface area contributed by atoms with Crippen LogP contribution in [0.4, 0.5) is 4.39 Å². The van der Waals surface area contributed by atoms with E-state index in [-0.39, 0.29) is 11.5 Å². The Morgan fingerprint density at radius 1 is 1.11 bits per heavy atom. The molecule has 5 nitrogen and oxygen atoms in total. The normalized spacial score (nSPS) is 21.2. The Bertz CT molecular complexity index is 825. The molecular formula is C20H26FNO4S. The molecule has 3 fully saturated rings. The van der Waals surface area contributed by atoms with Crippen molar-refractivity contribution in [2.75, 3.05) is 25.4 Å². The number of Topliss-reactive ketones (excluding diaryl/α,β-unsaturated/α-hetero) is 1. The summed E-state index contributed by atoms with van der Waals surface area (Å²) >= 11 is 0. The van der Waals surface area contributed by atoms with E-state index in [2.05, 4.69) is 0 Å². The van der Waals surface area contributed by atoms with Crippen LogP contribution >= 0.6 is 0 Å². The van der Waals surface area contributed by atoms with Crippen molar-refractivity contribution < 1.29 is 22.3 Å². The second-order valence-corrected chi connectivity index (χ2v) is 10.0. The van der Waals surface area contributed by atoms with Gasteiger partial charge in [-0.15, -0.1) is 0 Å². The molecule has 7 heteroatoms. The highest BCUT2D eigenvalue weighted by molar-refractivity contribution is 7.89. The Labute approximate surface area is 159 Å². The highest BCUT2D eigenvalue weighted by Gasteiger charge is 2.33. The van der Waals surface area contributed by atoms with Gasteiger partial charge in [0.15, 0.2) is 5.78 Å². The minimum Gasteiger partial charge on any atom is -0.493 e. The lowest BCUT2D eigenvalue weighted by atomic mass is 10.0. The van der Waals surface area contributed by atoms with Crippen LogP contribution in [0.3, 0.4) is 0 Å². The monoisotopic (exact) mass is 395 g/mol. The molecule has 3 aliphatic rings. The molecule has 0 amide bonds. The average Bonchev–Trinajstić information content (AvgIpc) is 3.25. The molecule has 0 radical (unpaired) electrons. The molecule has 148 valence electrons. The van der Waals surface area contributed by atoms with Gasteiger partial charge in [0.2, 0.25) is 10.0 Å². The second kappa shape index (κ2) is 7.51. The molecule has 1 aliphatic heterocycles. The number of hydrogen-bond acceptors (Lipinski definition) is 4. The summed E-state index contributed by atoms with van der Waals surface area (Å²) in [6.07, 6.45) is 7.52. The van der Waals surface area contributed by atoms with Crippen LogP contribution in [0.25, 0.3) is 0 Å². The van der Waals surface area contributed by atoms with E-state index < -0.39 is 27.4 Å². The molecule has 0 aromatic heterocycles.